The second-order valence-electron chi connectivity index (χ2n) is 4.18. The Balaban J connectivity index is 2.24. The normalized spacial score (nSPS) is 12.2. The molecule has 4 heteroatoms. The molecule has 1 unspecified atom stereocenters. The summed E-state index contributed by atoms with van der Waals surface area (Å²) in [5, 5.41) is 3.21. The third-order valence-corrected chi connectivity index (χ3v) is 3.81. The first-order valence-electron chi connectivity index (χ1n) is 5.71. The van der Waals surface area contributed by atoms with Crippen molar-refractivity contribution >= 4 is 21.7 Å². The molecule has 0 spiro atoms. The van der Waals surface area contributed by atoms with E-state index in [0.29, 0.717) is 5.56 Å². The summed E-state index contributed by atoms with van der Waals surface area (Å²) in [6.45, 7) is 3.90. The molecule has 2 rings (SSSR count). The first kappa shape index (κ1) is 13.0. The van der Waals surface area contributed by atoms with Gasteiger partial charge in [0, 0.05) is 11.8 Å². The molecule has 0 fully saturated rings. The monoisotopic (exact) mass is 308 g/mol. The van der Waals surface area contributed by atoms with E-state index in [1.54, 1.807) is 18.3 Å². The zero-order valence-corrected chi connectivity index (χ0v) is 11.8. The Morgan fingerprint density at radius 1 is 1.28 bits per heavy atom. The average molecular weight is 309 g/mol. The second-order valence-corrected chi connectivity index (χ2v) is 4.97. The minimum absolute atomic E-state index is 0.142. The van der Waals surface area contributed by atoms with Gasteiger partial charge in [0.1, 0.15) is 11.6 Å². The van der Waals surface area contributed by atoms with E-state index >= 15 is 0 Å². The first-order chi connectivity index (χ1) is 8.59. The third-order valence-electron chi connectivity index (χ3n) is 2.81. The summed E-state index contributed by atoms with van der Waals surface area (Å²) in [5.41, 5.74) is 1.72. The number of benzene rings is 1. The summed E-state index contributed by atoms with van der Waals surface area (Å²) in [6, 6.07) is 8.53. The smallest absolute Gasteiger partial charge is 0.141 e. The van der Waals surface area contributed by atoms with E-state index < -0.39 is 0 Å². The summed E-state index contributed by atoms with van der Waals surface area (Å²) in [7, 11) is 0. The van der Waals surface area contributed by atoms with Crippen molar-refractivity contribution in [3.63, 3.8) is 0 Å². The molecule has 18 heavy (non-hydrogen) atoms. The molecule has 2 aromatic rings. The van der Waals surface area contributed by atoms with Crippen molar-refractivity contribution in [2.75, 3.05) is 5.32 Å². The van der Waals surface area contributed by atoms with Crippen molar-refractivity contribution in [3.8, 4) is 0 Å². The molecule has 1 N–H and O–H groups in total. The predicted octanol–water partition coefficient (Wildman–Crippen LogP) is 4.46. The van der Waals surface area contributed by atoms with Gasteiger partial charge >= 0.3 is 0 Å². The molecule has 0 aliphatic rings. The lowest BCUT2D eigenvalue weighted by Crippen LogP contribution is -2.10. The molecule has 1 atom stereocenters. The second kappa shape index (κ2) is 5.48. The fourth-order valence-corrected chi connectivity index (χ4v) is 2.10. The van der Waals surface area contributed by atoms with Gasteiger partial charge in [0.15, 0.2) is 0 Å². The Labute approximate surface area is 114 Å². The highest BCUT2D eigenvalue weighted by Gasteiger charge is 2.12. The van der Waals surface area contributed by atoms with Gasteiger partial charge in [-0.15, -0.1) is 0 Å². The lowest BCUT2D eigenvalue weighted by Gasteiger charge is -2.17. The fraction of sp³-hybridized carbons (Fsp3) is 0.214. The van der Waals surface area contributed by atoms with Crippen molar-refractivity contribution in [2.24, 2.45) is 0 Å². The molecule has 0 amide bonds. The molecule has 0 saturated heterocycles. The van der Waals surface area contributed by atoms with E-state index in [1.165, 1.54) is 6.07 Å². The minimum atomic E-state index is -0.207. The van der Waals surface area contributed by atoms with E-state index in [-0.39, 0.29) is 11.9 Å². The van der Waals surface area contributed by atoms with Crippen LogP contribution < -0.4 is 5.32 Å². The van der Waals surface area contributed by atoms with Crippen molar-refractivity contribution in [1.82, 2.24) is 4.98 Å². The van der Waals surface area contributed by atoms with Gasteiger partial charge in [0.25, 0.3) is 0 Å². The first-order valence-corrected chi connectivity index (χ1v) is 6.51. The molecule has 0 saturated carbocycles. The number of nitrogens with one attached hydrogen (secondary N) is 1. The number of nitrogens with zero attached hydrogens (tertiary/aromatic N) is 1. The number of hydrogen-bond donors (Lipinski definition) is 1. The lowest BCUT2D eigenvalue weighted by molar-refractivity contribution is 0.600. The summed E-state index contributed by atoms with van der Waals surface area (Å²) in [4.78, 5) is 4.25. The molecule has 1 aromatic heterocycles. The molecule has 0 bridgehead atoms. The summed E-state index contributed by atoms with van der Waals surface area (Å²) in [5.74, 6) is 0.520. The molecule has 2 nitrogen and oxygen atoms in total. The van der Waals surface area contributed by atoms with Crippen LogP contribution in [0.3, 0.4) is 0 Å². The van der Waals surface area contributed by atoms with Crippen LogP contribution in [-0.2, 0) is 0 Å². The van der Waals surface area contributed by atoms with E-state index in [1.807, 2.05) is 26.0 Å². The van der Waals surface area contributed by atoms with Gasteiger partial charge in [-0.2, -0.15) is 0 Å². The maximum absolute atomic E-state index is 13.7. The average Bonchev–Trinajstić information content (AvgIpc) is 2.35. The molecule has 1 aromatic carbocycles. The maximum Gasteiger partial charge on any atom is 0.141 e. The van der Waals surface area contributed by atoms with Gasteiger partial charge in [-0.3, -0.25) is 0 Å². The summed E-state index contributed by atoms with van der Waals surface area (Å²) in [6.07, 6.45) is 1.73. The van der Waals surface area contributed by atoms with Crippen molar-refractivity contribution in [3.05, 3.63) is 57.9 Å². The van der Waals surface area contributed by atoms with Crippen LogP contribution in [0.1, 0.15) is 24.1 Å². The standard InChI is InChI=1S/C14H14BrFN2/c1-9-7-8-17-14(13(9)15)18-10(2)11-5-3-4-6-12(11)16/h3-8,10H,1-2H3,(H,17,18). The zero-order chi connectivity index (χ0) is 13.1. The number of hydrogen-bond acceptors (Lipinski definition) is 2. The Kier molecular flexibility index (Phi) is 3.97. The third kappa shape index (κ3) is 2.70. The SMILES string of the molecule is Cc1ccnc(NC(C)c2ccccc2F)c1Br. The van der Waals surface area contributed by atoms with Crippen molar-refractivity contribution in [1.29, 1.82) is 0 Å². The number of aryl methyl sites for hydroxylation is 1. The summed E-state index contributed by atoms with van der Waals surface area (Å²) < 4.78 is 14.6. The van der Waals surface area contributed by atoms with Gasteiger partial charge in [0.05, 0.1) is 10.5 Å². The quantitative estimate of drug-likeness (QED) is 0.905. The van der Waals surface area contributed by atoms with Gasteiger partial charge < -0.3 is 5.32 Å². The van der Waals surface area contributed by atoms with E-state index in [0.717, 1.165) is 15.9 Å². The van der Waals surface area contributed by atoms with Crippen LogP contribution in [0.5, 0.6) is 0 Å². The van der Waals surface area contributed by atoms with Gasteiger partial charge in [-0.25, -0.2) is 9.37 Å². The number of anilines is 1. The number of halogens is 2. The van der Waals surface area contributed by atoms with Crippen LogP contribution in [0.4, 0.5) is 10.2 Å². The number of pyridine rings is 1. The van der Waals surface area contributed by atoms with E-state index in [4.69, 9.17) is 0 Å². The van der Waals surface area contributed by atoms with Crippen LogP contribution in [0.15, 0.2) is 41.0 Å². The largest absolute Gasteiger partial charge is 0.362 e. The predicted molar refractivity (Wildman–Crippen MR) is 75.1 cm³/mol. The highest BCUT2D eigenvalue weighted by Crippen LogP contribution is 2.27. The maximum atomic E-state index is 13.7. The van der Waals surface area contributed by atoms with Crippen LogP contribution in [-0.4, -0.2) is 4.98 Å². The highest BCUT2D eigenvalue weighted by molar-refractivity contribution is 9.10. The van der Waals surface area contributed by atoms with Crippen LogP contribution in [0, 0.1) is 12.7 Å². The van der Waals surface area contributed by atoms with Crippen molar-refractivity contribution < 1.29 is 4.39 Å². The molecule has 0 aliphatic carbocycles. The molecule has 0 aliphatic heterocycles. The summed E-state index contributed by atoms with van der Waals surface area (Å²) >= 11 is 3.48. The van der Waals surface area contributed by atoms with E-state index in [2.05, 4.69) is 26.2 Å². The molecule has 94 valence electrons. The van der Waals surface area contributed by atoms with Gasteiger partial charge in [-0.1, -0.05) is 18.2 Å². The Morgan fingerprint density at radius 3 is 2.72 bits per heavy atom. The van der Waals surface area contributed by atoms with Crippen LogP contribution in [0.25, 0.3) is 0 Å². The fourth-order valence-electron chi connectivity index (χ4n) is 1.75. The highest BCUT2D eigenvalue weighted by atomic mass is 79.9. The van der Waals surface area contributed by atoms with Gasteiger partial charge in [-0.05, 0) is 47.5 Å². The van der Waals surface area contributed by atoms with E-state index in [9.17, 15) is 4.39 Å². The van der Waals surface area contributed by atoms with Gasteiger partial charge in [0.2, 0.25) is 0 Å². The Bertz CT molecular complexity index is 557. The molecular formula is C14H14BrFN2. The lowest BCUT2D eigenvalue weighted by atomic mass is 10.1. The Hall–Kier alpha value is -1.42. The molecule has 1 heterocycles. The zero-order valence-electron chi connectivity index (χ0n) is 10.2. The topological polar surface area (TPSA) is 24.9 Å². The van der Waals surface area contributed by atoms with Crippen molar-refractivity contribution in [2.45, 2.75) is 19.9 Å². The Morgan fingerprint density at radius 2 is 2.00 bits per heavy atom. The van der Waals surface area contributed by atoms with Crippen LogP contribution in [0.2, 0.25) is 0 Å². The number of rotatable bonds is 3. The number of aromatic nitrogens is 1. The molecular weight excluding hydrogens is 295 g/mol. The molecule has 0 radical (unpaired) electrons. The minimum Gasteiger partial charge on any atom is -0.362 e. The van der Waals surface area contributed by atoms with Crippen LogP contribution >= 0.6 is 15.9 Å².